The molecule has 0 aromatic heterocycles. The first-order chi connectivity index (χ1) is 7.35. The van der Waals surface area contributed by atoms with Crippen molar-refractivity contribution in [2.24, 2.45) is 0 Å². The molecule has 0 fully saturated rings. The summed E-state index contributed by atoms with van der Waals surface area (Å²) in [4.78, 5) is 12.0. The molecular weight excluding hydrogens is 336 g/mol. The molecule has 0 spiro atoms. The first kappa shape index (κ1) is 13.7. The number of esters is 1. The monoisotopic (exact) mass is 348 g/mol. The largest absolute Gasteiger partial charge is 0.456 e. The van der Waals surface area contributed by atoms with Gasteiger partial charge in [0.15, 0.2) is 0 Å². The van der Waals surface area contributed by atoms with Gasteiger partial charge in [0.05, 0.1) is 5.56 Å². The molecule has 0 heterocycles. The predicted octanol–water partition coefficient (Wildman–Crippen LogP) is 4.30. The van der Waals surface area contributed by atoms with Crippen LogP contribution in [0.4, 0.5) is 0 Å². The molecule has 0 amide bonds. The van der Waals surface area contributed by atoms with E-state index in [0.29, 0.717) is 10.9 Å². The van der Waals surface area contributed by atoms with Gasteiger partial charge in [-0.15, -0.1) is 0 Å². The smallest absolute Gasteiger partial charge is 0.340 e. The quantitative estimate of drug-likeness (QED) is 0.587. The maximum atomic E-state index is 12.0. The molecule has 0 aliphatic heterocycles. The maximum absolute atomic E-state index is 12.0. The van der Waals surface area contributed by atoms with E-state index in [-0.39, 0.29) is 5.97 Å². The Balaban J connectivity index is 3.08. The topological polar surface area (TPSA) is 26.3 Å². The van der Waals surface area contributed by atoms with E-state index >= 15 is 0 Å². The Morgan fingerprint density at radius 1 is 1.38 bits per heavy atom. The van der Waals surface area contributed by atoms with Gasteiger partial charge < -0.3 is 4.74 Å². The molecule has 0 atom stereocenters. The molecule has 0 saturated carbocycles. The van der Waals surface area contributed by atoms with E-state index in [4.69, 9.17) is 4.74 Å². The van der Waals surface area contributed by atoms with Gasteiger partial charge in [-0.3, -0.25) is 0 Å². The standard InChI is InChI=1S/C12H14Br2O2/c1-12(2,3)16-11(15)10-8(7-13)5-4-6-9(10)14/h4-6H,7H2,1-3H3. The fourth-order valence-electron chi connectivity index (χ4n) is 1.24. The van der Waals surface area contributed by atoms with Gasteiger partial charge in [0, 0.05) is 9.80 Å². The third-order valence-electron chi connectivity index (χ3n) is 1.85. The van der Waals surface area contributed by atoms with Gasteiger partial charge in [0.2, 0.25) is 0 Å². The summed E-state index contributed by atoms with van der Waals surface area (Å²) in [6, 6.07) is 5.64. The Labute approximate surface area is 113 Å². The average molecular weight is 350 g/mol. The molecule has 2 nitrogen and oxygen atoms in total. The molecule has 0 aliphatic rings. The molecule has 0 aliphatic carbocycles. The number of carbonyl (C=O) groups excluding carboxylic acids is 1. The molecule has 0 saturated heterocycles. The van der Waals surface area contributed by atoms with E-state index in [2.05, 4.69) is 31.9 Å². The molecule has 4 heteroatoms. The zero-order valence-electron chi connectivity index (χ0n) is 9.51. The molecule has 1 aromatic rings. The Hall–Kier alpha value is -0.350. The van der Waals surface area contributed by atoms with Crippen molar-refractivity contribution in [2.45, 2.75) is 31.7 Å². The summed E-state index contributed by atoms with van der Waals surface area (Å²) in [6.45, 7) is 5.57. The second-order valence-corrected chi connectivity index (χ2v) is 5.82. The van der Waals surface area contributed by atoms with Gasteiger partial charge in [-0.2, -0.15) is 0 Å². The van der Waals surface area contributed by atoms with Crippen LogP contribution in [0, 0.1) is 0 Å². The fourth-order valence-corrected chi connectivity index (χ4v) is 2.27. The highest BCUT2D eigenvalue weighted by Gasteiger charge is 2.21. The molecule has 0 N–H and O–H groups in total. The average Bonchev–Trinajstić information content (AvgIpc) is 2.14. The second kappa shape index (κ2) is 5.32. The lowest BCUT2D eigenvalue weighted by Crippen LogP contribution is -2.24. The third-order valence-corrected chi connectivity index (χ3v) is 3.11. The van der Waals surface area contributed by atoms with Crippen molar-refractivity contribution in [3.05, 3.63) is 33.8 Å². The van der Waals surface area contributed by atoms with E-state index in [0.717, 1.165) is 10.0 Å². The normalized spacial score (nSPS) is 11.3. The van der Waals surface area contributed by atoms with Gasteiger partial charge in [0.1, 0.15) is 5.60 Å². The van der Waals surface area contributed by atoms with Crippen molar-refractivity contribution in [3.8, 4) is 0 Å². The number of ether oxygens (including phenoxy) is 1. The summed E-state index contributed by atoms with van der Waals surface area (Å²) < 4.78 is 6.12. The number of benzene rings is 1. The van der Waals surface area contributed by atoms with Gasteiger partial charge in [-0.25, -0.2) is 4.79 Å². The van der Waals surface area contributed by atoms with Crippen LogP contribution in [0.25, 0.3) is 0 Å². The second-order valence-electron chi connectivity index (χ2n) is 4.41. The van der Waals surface area contributed by atoms with Crippen molar-refractivity contribution in [1.82, 2.24) is 0 Å². The van der Waals surface area contributed by atoms with Crippen molar-refractivity contribution in [2.75, 3.05) is 0 Å². The predicted molar refractivity (Wildman–Crippen MR) is 71.9 cm³/mol. The lowest BCUT2D eigenvalue weighted by molar-refractivity contribution is 0.00676. The van der Waals surface area contributed by atoms with Crippen LogP contribution in [0.3, 0.4) is 0 Å². The van der Waals surface area contributed by atoms with Gasteiger partial charge >= 0.3 is 5.97 Å². The van der Waals surface area contributed by atoms with Crippen molar-refractivity contribution >= 4 is 37.8 Å². The van der Waals surface area contributed by atoms with Gasteiger partial charge in [-0.05, 0) is 48.3 Å². The highest BCUT2D eigenvalue weighted by molar-refractivity contribution is 9.10. The number of carbonyl (C=O) groups is 1. The molecule has 88 valence electrons. The maximum Gasteiger partial charge on any atom is 0.340 e. The van der Waals surface area contributed by atoms with Crippen molar-refractivity contribution < 1.29 is 9.53 Å². The van der Waals surface area contributed by atoms with Crippen LogP contribution >= 0.6 is 31.9 Å². The Kier molecular flexibility index (Phi) is 4.56. The fraction of sp³-hybridized carbons (Fsp3) is 0.417. The van der Waals surface area contributed by atoms with Crippen LogP contribution < -0.4 is 0 Å². The molecular formula is C12H14Br2O2. The first-order valence-electron chi connectivity index (χ1n) is 4.92. The van der Waals surface area contributed by atoms with Crippen LogP contribution in [0.5, 0.6) is 0 Å². The molecule has 0 unspecified atom stereocenters. The van der Waals surface area contributed by atoms with E-state index in [1.165, 1.54) is 0 Å². The van der Waals surface area contributed by atoms with Gasteiger partial charge in [-0.1, -0.05) is 28.1 Å². The third kappa shape index (κ3) is 3.59. The van der Waals surface area contributed by atoms with Crippen LogP contribution in [0.1, 0.15) is 36.7 Å². The lowest BCUT2D eigenvalue weighted by atomic mass is 10.1. The summed E-state index contributed by atoms with van der Waals surface area (Å²) in [5.41, 5.74) is 1.04. The number of alkyl halides is 1. The van der Waals surface area contributed by atoms with E-state index in [1.807, 2.05) is 39.0 Å². The number of halogens is 2. The van der Waals surface area contributed by atoms with Crippen molar-refractivity contribution in [3.63, 3.8) is 0 Å². The molecule has 1 aromatic carbocycles. The van der Waals surface area contributed by atoms with E-state index in [9.17, 15) is 4.79 Å². The minimum absolute atomic E-state index is 0.297. The van der Waals surface area contributed by atoms with E-state index < -0.39 is 5.60 Å². The summed E-state index contributed by atoms with van der Waals surface area (Å²) in [7, 11) is 0. The molecule has 0 radical (unpaired) electrons. The highest BCUT2D eigenvalue weighted by atomic mass is 79.9. The number of hydrogen-bond acceptors (Lipinski definition) is 2. The van der Waals surface area contributed by atoms with E-state index in [1.54, 1.807) is 0 Å². The van der Waals surface area contributed by atoms with Crippen LogP contribution in [0.15, 0.2) is 22.7 Å². The number of rotatable bonds is 2. The molecule has 0 bridgehead atoms. The minimum Gasteiger partial charge on any atom is -0.456 e. The summed E-state index contributed by atoms with van der Waals surface area (Å²) in [6.07, 6.45) is 0. The molecule has 16 heavy (non-hydrogen) atoms. The SMILES string of the molecule is CC(C)(C)OC(=O)c1c(Br)cccc1CBr. The first-order valence-corrected chi connectivity index (χ1v) is 6.83. The lowest BCUT2D eigenvalue weighted by Gasteiger charge is -2.20. The summed E-state index contributed by atoms with van der Waals surface area (Å²) in [5.74, 6) is -0.297. The van der Waals surface area contributed by atoms with Crippen LogP contribution in [-0.2, 0) is 10.1 Å². The molecule has 1 rings (SSSR count). The number of hydrogen-bond donors (Lipinski definition) is 0. The minimum atomic E-state index is -0.476. The van der Waals surface area contributed by atoms with Crippen molar-refractivity contribution in [1.29, 1.82) is 0 Å². The zero-order chi connectivity index (χ0) is 12.3. The van der Waals surface area contributed by atoms with Crippen LogP contribution in [-0.4, -0.2) is 11.6 Å². The Morgan fingerprint density at radius 3 is 2.50 bits per heavy atom. The Bertz CT molecular complexity index is 394. The zero-order valence-corrected chi connectivity index (χ0v) is 12.7. The Morgan fingerprint density at radius 2 is 2.00 bits per heavy atom. The van der Waals surface area contributed by atoms with Gasteiger partial charge in [0.25, 0.3) is 0 Å². The summed E-state index contributed by atoms with van der Waals surface area (Å²) in [5, 5.41) is 0.626. The summed E-state index contributed by atoms with van der Waals surface area (Å²) >= 11 is 6.74. The highest BCUT2D eigenvalue weighted by Crippen LogP contribution is 2.25. The van der Waals surface area contributed by atoms with Crippen LogP contribution in [0.2, 0.25) is 0 Å².